The maximum atomic E-state index is 11.9. The van der Waals surface area contributed by atoms with Gasteiger partial charge in [-0.25, -0.2) is 4.79 Å². The van der Waals surface area contributed by atoms with E-state index in [1.165, 1.54) is 7.11 Å². The summed E-state index contributed by atoms with van der Waals surface area (Å²) in [5.74, 6) is -0.426. The summed E-state index contributed by atoms with van der Waals surface area (Å²) in [7, 11) is 2.96. The van der Waals surface area contributed by atoms with Gasteiger partial charge >= 0.3 is 5.97 Å². The quantitative estimate of drug-likeness (QED) is 0.887. The molecule has 0 aliphatic rings. The lowest BCUT2D eigenvalue weighted by molar-refractivity contribution is -0.163. The minimum Gasteiger partial charge on any atom is -0.497 e. The van der Waals surface area contributed by atoms with Crippen LogP contribution in [0.25, 0.3) is 0 Å². The van der Waals surface area contributed by atoms with Crippen LogP contribution in [0.3, 0.4) is 0 Å². The number of carbonyl (C=O) groups is 1. The number of ether oxygens (including phenoxy) is 2. The summed E-state index contributed by atoms with van der Waals surface area (Å²) in [6, 6.07) is 16.4. The molecule has 0 unspecified atom stereocenters. The first kappa shape index (κ1) is 15.1. The monoisotopic (exact) mass is 286 g/mol. The molecule has 0 heterocycles. The molecule has 2 rings (SSSR count). The van der Waals surface area contributed by atoms with Gasteiger partial charge in [0.05, 0.1) is 7.11 Å². The van der Waals surface area contributed by atoms with Crippen molar-refractivity contribution in [2.45, 2.75) is 12.0 Å². The van der Waals surface area contributed by atoms with Crippen LogP contribution in [0.5, 0.6) is 5.75 Å². The molecule has 2 aromatic carbocycles. The van der Waals surface area contributed by atoms with E-state index in [4.69, 9.17) is 9.47 Å². The Balaban J connectivity index is 2.48. The topological polar surface area (TPSA) is 55.8 Å². The molecule has 2 aromatic rings. The number of carboxylic acid groups (broad SMARTS) is 1. The molecule has 1 N–H and O–H groups in total. The summed E-state index contributed by atoms with van der Waals surface area (Å²) in [5, 5.41) is 9.74. The fourth-order valence-electron chi connectivity index (χ4n) is 2.34. The number of carboxylic acids is 1. The van der Waals surface area contributed by atoms with Crippen LogP contribution in [-0.2, 0) is 21.6 Å². The lowest BCUT2D eigenvalue weighted by Gasteiger charge is -2.29. The maximum absolute atomic E-state index is 11.9. The van der Waals surface area contributed by atoms with Crippen molar-refractivity contribution >= 4 is 5.97 Å². The van der Waals surface area contributed by atoms with Crippen LogP contribution in [0.2, 0.25) is 0 Å². The third kappa shape index (κ3) is 3.06. The molecule has 0 saturated heterocycles. The van der Waals surface area contributed by atoms with Gasteiger partial charge in [-0.3, -0.25) is 0 Å². The molecule has 1 atom stereocenters. The zero-order chi connectivity index (χ0) is 15.3. The molecule has 0 radical (unpaired) electrons. The van der Waals surface area contributed by atoms with E-state index in [-0.39, 0.29) is 6.42 Å². The Morgan fingerprint density at radius 2 is 1.81 bits per heavy atom. The van der Waals surface area contributed by atoms with E-state index in [1.54, 1.807) is 31.4 Å². The highest BCUT2D eigenvalue weighted by Crippen LogP contribution is 2.32. The number of rotatable bonds is 6. The van der Waals surface area contributed by atoms with E-state index in [1.807, 2.05) is 30.3 Å². The van der Waals surface area contributed by atoms with Crippen molar-refractivity contribution in [2.24, 2.45) is 0 Å². The fourth-order valence-corrected chi connectivity index (χ4v) is 2.34. The van der Waals surface area contributed by atoms with Crippen molar-refractivity contribution in [3.63, 3.8) is 0 Å². The second kappa shape index (κ2) is 6.41. The van der Waals surface area contributed by atoms with Crippen molar-refractivity contribution in [3.05, 3.63) is 65.7 Å². The minimum absolute atomic E-state index is 0.243. The zero-order valence-corrected chi connectivity index (χ0v) is 12.1. The molecule has 21 heavy (non-hydrogen) atoms. The Kier molecular flexibility index (Phi) is 4.60. The molecule has 0 spiro atoms. The van der Waals surface area contributed by atoms with Crippen molar-refractivity contribution in [1.82, 2.24) is 0 Å². The molecule has 0 bridgehead atoms. The predicted molar refractivity (Wildman–Crippen MR) is 79.5 cm³/mol. The minimum atomic E-state index is -1.43. The van der Waals surface area contributed by atoms with E-state index in [2.05, 4.69) is 0 Å². The third-order valence-corrected chi connectivity index (χ3v) is 3.53. The molecule has 0 saturated carbocycles. The highest BCUT2D eigenvalue weighted by Gasteiger charge is 2.41. The first-order valence-corrected chi connectivity index (χ1v) is 6.59. The number of hydrogen-bond acceptors (Lipinski definition) is 3. The average molecular weight is 286 g/mol. The molecule has 0 amide bonds. The van der Waals surface area contributed by atoms with Crippen molar-refractivity contribution in [1.29, 1.82) is 0 Å². The number of benzene rings is 2. The van der Waals surface area contributed by atoms with E-state index in [0.29, 0.717) is 11.3 Å². The summed E-state index contributed by atoms with van der Waals surface area (Å²) in [5.41, 5.74) is 0.0147. The highest BCUT2D eigenvalue weighted by atomic mass is 16.5. The van der Waals surface area contributed by atoms with Crippen LogP contribution in [-0.4, -0.2) is 25.3 Å². The first-order chi connectivity index (χ1) is 10.1. The standard InChI is InChI=1S/C17H18O4/c1-20-15-10-6-9-14(11-15)17(21-2,16(18)19)12-13-7-4-3-5-8-13/h3-11H,12H2,1-2H3,(H,18,19)/t17-/m0/s1. The number of hydrogen-bond donors (Lipinski definition) is 1. The number of aliphatic carboxylic acids is 1. The van der Waals surface area contributed by atoms with Gasteiger partial charge in [-0.2, -0.15) is 0 Å². The molecule has 110 valence electrons. The summed E-state index contributed by atoms with van der Waals surface area (Å²) < 4.78 is 10.6. The van der Waals surface area contributed by atoms with Crippen molar-refractivity contribution < 1.29 is 19.4 Å². The van der Waals surface area contributed by atoms with Crippen LogP contribution in [0.1, 0.15) is 11.1 Å². The fraction of sp³-hybridized carbons (Fsp3) is 0.235. The van der Waals surface area contributed by atoms with Crippen LogP contribution < -0.4 is 4.74 Å². The second-order valence-corrected chi connectivity index (χ2v) is 4.73. The van der Waals surface area contributed by atoms with Crippen LogP contribution >= 0.6 is 0 Å². The molecule has 4 heteroatoms. The molecular formula is C17H18O4. The third-order valence-electron chi connectivity index (χ3n) is 3.53. The Morgan fingerprint density at radius 1 is 1.10 bits per heavy atom. The molecule has 0 aromatic heterocycles. The summed E-state index contributed by atoms with van der Waals surface area (Å²) in [4.78, 5) is 11.9. The predicted octanol–water partition coefficient (Wildman–Crippen LogP) is 2.86. The largest absolute Gasteiger partial charge is 0.497 e. The van der Waals surface area contributed by atoms with E-state index < -0.39 is 11.6 Å². The van der Waals surface area contributed by atoms with Gasteiger partial charge < -0.3 is 14.6 Å². The highest BCUT2D eigenvalue weighted by molar-refractivity contribution is 5.80. The van der Waals surface area contributed by atoms with Gasteiger partial charge in [0.2, 0.25) is 0 Å². The Labute approximate surface area is 123 Å². The van der Waals surface area contributed by atoms with E-state index >= 15 is 0 Å². The summed E-state index contributed by atoms with van der Waals surface area (Å²) in [6.07, 6.45) is 0.243. The van der Waals surface area contributed by atoms with Gasteiger partial charge in [-0.1, -0.05) is 42.5 Å². The SMILES string of the molecule is COc1cccc([C@](Cc2ccccc2)(OC)C(=O)O)c1. The van der Waals surface area contributed by atoms with Crippen LogP contribution in [0, 0.1) is 0 Å². The van der Waals surface area contributed by atoms with Gasteiger partial charge in [0.15, 0.2) is 5.60 Å². The lowest BCUT2D eigenvalue weighted by Crippen LogP contribution is -2.40. The van der Waals surface area contributed by atoms with Crippen LogP contribution in [0.4, 0.5) is 0 Å². The molecule has 4 nitrogen and oxygen atoms in total. The smallest absolute Gasteiger partial charge is 0.341 e. The zero-order valence-electron chi connectivity index (χ0n) is 12.1. The van der Waals surface area contributed by atoms with Gasteiger partial charge in [0.1, 0.15) is 5.75 Å². The lowest BCUT2D eigenvalue weighted by atomic mass is 9.87. The van der Waals surface area contributed by atoms with E-state index in [9.17, 15) is 9.90 Å². The van der Waals surface area contributed by atoms with Gasteiger partial charge in [-0.15, -0.1) is 0 Å². The van der Waals surface area contributed by atoms with Gasteiger partial charge in [-0.05, 0) is 23.3 Å². The summed E-state index contributed by atoms with van der Waals surface area (Å²) >= 11 is 0. The number of methoxy groups -OCH3 is 2. The Hall–Kier alpha value is -2.33. The normalized spacial score (nSPS) is 13.4. The van der Waals surface area contributed by atoms with Crippen molar-refractivity contribution in [2.75, 3.05) is 14.2 Å². The maximum Gasteiger partial charge on any atom is 0.341 e. The summed E-state index contributed by atoms with van der Waals surface area (Å²) in [6.45, 7) is 0. The first-order valence-electron chi connectivity index (χ1n) is 6.59. The molecule has 0 fully saturated rings. The van der Waals surface area contributed by atoms with Crippen LogP contribution in [0.15, 0.2) is 54.6 Å². The van der Waals surface area contributed by atoms with Gasteiger partial charge in [0.25, 0.3) is 0 Å². The molecule has 0 aliphatic carbocycles. The van der Waals surface area contributed by atoms with E-state index in [0.717, 1.165) is 5.56 Å². The van der Waals surface area contributed by atoms with Crippen molar-refractivity contribution in [3.8, 4) is 5.75 Å². The van der Waals surface area contributed by atoms with Gasteiger partial charge in [0, 0.05) is 13.5 Å². The Bertz CT molecular complexity index is 609. The second-order valence-electron chi connectivity index (χ2n) is 4.73. The average Bonchev–Trinajstić information content (AvgIpc) is 2.53. The molecule has 0 aliphatic heterocycles. The Morgan fingerprint density at radius 3 is 2.38 bits per heavy atom. The molecular weight excluding hydrogens is 268 g/mol.